The Labute approximate surface area is 211 Å². The smallest absolute Gasteiger partial charge is 0.144 e. The zero-order valence-electron chi connectivity index (χ0n) is 20.1. The first-order valence-corrected chi connectivity index (χ1v) is 11.5. The van der Waals surface area contributed by atoms with Crippen LogP contribution in [-0.2, 0) is 0 Å². The lowest BCUT2D eigenvalue weighted by Gasteiger charge is -2.15. The average Bonchev–Trinajstić information content (AvgIpc) is 2.81. The number of anilines is 2. The van der Waals surface area contributed by atoms with Crippen LogP contribution in [0.4, 0.5) is 15.8 Å². The Morgan fingerprint density at radius 3 is 2.50 bits per heavy atom. The Morgan fingerprint density at radius 2 is 1.88 bits per heavy atom. The van der Waals surface area contributed by atoms with Crippen LogP contribution < -0.4 is 37.5 Å². The third kappa shape index (κ3) is 10.8. The molecule has 7 nitrogen and oxygen atoms in total. The number of allylic oxidation sites excluding steroid dienone is 6. The van der Waals surface area contributed by atoms with Crippen molar-refractivity contribution in [1.82, 2.24) is 10.6 Å². The Morgan fingerprint density at radius 1 is 1.15 bits per heavy atom. The van der Waals surface area contributed by atoms with Crippen molar-refractivity contribution >= 4 is 34.6 Å². The van der Waals surface area contributed by atoms with E-state index in [1.165, 1.54) is 6.92 Å². The van der Waals surface area contributed by atoms with Gasteiger partial charge in [-0.3, -0.25) is 0 Å². The number of hydrogen-bond donors (Lipinski definition) is 6. The van der Waals surface area contributed by atoms with Crippen LogP contribution in [0.2, 0.25) is 0 Å². The summed E-state index contributed by atoms with van der Waals surface area (Å²) in [6.45, 7) is 4.54. The highest BCUT2D eigenvalue weighted by atomic mass is 35.5. The molecule has 0 radical (unpaired) electrons. The number of hydrogen-bond acceptors (Lipinski definition) is 7. The summed E-state index contributed by atoms with van der Waals surface area (Å²) < 4.78 is 18.8. The number of rotatable bonds is 14. The van der Waals surface area contributed by atoms with Gasteiger partial charge in [0.05, 0.1) is 24.3 Å². The molecular formula is C24H35Cl2FN6O. The zero-order valence-corrected chi connectivity index (χ0v) is 21.6. The maximum atomic E-state index is 13.4. The van der Waals surface area contributed by atoms with Gasteiger partial charge >= 0.3 is 0 Å². The fourth-order valence-electron chi connectivity index (χ4n) is 2.70. The molecule has 1 rings (SSSR count). The largest absolute Gasteiger partial charge is 0.494 e. The standard InChI is InChI=1S/C24H35Cl2FN6O/c1-5-31-24(29)21(32-14-13-17(26)7-6-8-19(27)16(2)25)11-12-23(28)33-20-10-9-18(30-3)15-22(20)34-4/h6-7,9-10,12-13,15,30-33H,5,8,11,14,28-29H2,1-4H3/b7-6?,17-13-,19-16-,23-12+,24-21-. The van der Waals surface area contributed by atoms with Gasteiger partial charge in [0.25, 0.3) is 0 Å². The van der Waals surface area contributed by atoms with Crippen molar-refractivity contribution in [3.8, 4) is 5.75 Å². The van der Waals surface area contributed by atoms with E-state index in [2.05, 4.69) is 21.3 Å². The van der Waals surface area contributed by atoms with Crippen LogP contribution in [0, 0.1) is 0 Å². The third-order valence-electron chi connectivity index (χ3n) is 4.55. The molecule has 1 aromatic carbocycles. The fourth-order valence-corrected chi connectivity index (χ4v) is 2.94. The van der Waals surface area contributed by atoms with Crippen molar-refractivity contribution in [2.45, 2.75) is 26.7 Å². The van der Waals surface area contributed by atoms with E-state index in [0.717, 1.165) is 17.1 Å². The lowest BCUT2D eigenvalue weighted by atomic mass is 10.2. The molecule has 0 spiro atoms. The Kier molecular flexibility index (Phi) is 13.5. The molecule has 0 saturated heterocycles. The Balaban J connectivity index is 2.82. The molecule has 0 saturated carbocycles. The van der Waals surface area contributed by atoms with Crippen LogP contribution in [0.5, 0.6) is 5.75 Å². The van der Waals surface area contributed by atoms with Gasteiger partial charge in [0.1, 0.15) is 17.4 Å². The highest BCUT2D eigenvalue weighted by Gasteiger charge is 2.06. The van der Waals surface area contributed by atoms with Gasteiger partial charge in [-0.15, -0.1) is 0 Å². The first-order valence-electron chi connectivity index (χ1n) is 10.8. The van der Waals surface area contributed by atoms with E-state index in [1.807, 2.05) is 38.2 Å². The van der Waals surface area contributed by atoms with Gasteiger partial charge < -0.3 is 37.5 Å². The number of benzene rings is 1. The molecule has 0 aliphatic heterocycles. The van der Waals surface area contributed by atoms with Gasteiger partial charge in [-0.25, -0.2) is 4.39 Å². The molecule has 0 aliphatic rings. The zero-order chi connectivity index (χ0) is 25.5. The van der Waals surface area contributed by atoms with Crippen molar-refractivity contribution in [3.63, 3.8) is 0 Å². The van der Waals surface area contributed by atoms with E-state index in [-0.39, 0.29) is 11.5 Å². The normalized spacial score (nSPS) is 13.9. The summed E-state index contributed by atoms with van der Waals surface area (Å²) in [6, 6.07) is 5.67. The highest BCUT2D eigenvalue weighted by molar-refractivity contribution is 6.31. The predicted molar refractivity (Wildman–Crippen MR) is 143 cm³/mol. The lowest BCUT2D eigenvalue weighted by molar-refractivity contribution is 0.417. The van der Waals surface area contributed by atoms with E-state index in [9.17, 15) is 4.39 Å². The second-order valence-corrected chi connectivity index (χ2v) is 8.09. The van der Waals surface area contributed by atoms with Gasteiger partial charge in [0.15, 0.2) is 0 Å². The maximum absolute atomic E-state index is 13.4. The predicted octanol–water partition coefficient (Wildman–Crippen LogP) is 5.17. The van der Waals surface area contributed by atoms with E-state index >= 15 is 0 Å². The average molecular weight is 513 g/mol. The van der Waals surface area contributed by atoms with E-state index in [0.29, 0.717) is 41.9 Å². The van der Waals surface area contributed by atoms with Crippen LogP contribution in [0.3, 0.4) is 0 Å². The van der Waals surface area contributed by atoms with Gasteiger partial charge in [0.2, 0.25) is 0 Å². The van der Waals surface area contributed by atoms with Crippen LogP contribution in [0.15, 0.2) is 75.7 Å². The number of halogens is 3. The summed E-state index contributed by atoms with van der Waals surface area (Å²) in [5.41, 5.74) is 14.8. The summed E-state index contributed by atoms with van der Waals surface area (Å²) in [5.74, 6) is 1.22. The molecule has 10 heteroatoms. The molecule has 0 fully saturated rings. The summed E-state index contributed by atoms with van der Waals surface area (Å²) >= 11 is 11.8. The SMILES string of the molecule is CCN/C(N)=C(/C/C=C(\N)Nc1ccc(NC)cc1OC)NC/C=C(\Cl)C=CC/C(F)=C(\C)Cl. The fraction of sp³-hybridized carbons (Fsp3) is 0.333. The van der Waals surface area contributed by atoms with Gasteiger partial charge in [-0.05, 0) is 44.2 Å². The van der Waals surface area contributed by atoms with Gasteiger partial charge in [-0.1, -0.05) is 29.3 Å². The monoisotopic (exact) mass is 512 g/mol. The number of methoxy groups -OCH3 is 1. The molecule has 34 heavy (non-hydrogen) atoms. The molecule has 0 amide bonds. The lowest BCUT2D eigenvalue weighted by Crippen LogP contribution is -2.27. The quantitative estimate of drug-likeness (QED) is 0.190. The molecular weight excluding hydrogens is 478 g/mol. The molecule has 0 aromatic heterocycles. The van der Waals surface area contributed by atoms with Crippen molar-refractivity contribution in [1.29, 1.82) is 0 Å². The first kappa shape index (κ1) is 29.1. The highest BCUT2D eigenvalue weighted by Crippen LogP contribution is 2.28. The van der Waals surface area contributed by atoms with Crippen LogP contribution in [0.25, 0.3) is 0 Å². The molecule has 0 bridgehead atoms. The van der Waals surface area contributed by atoms with E-state index in [1.54, 1.807) is 25.3 Å². The molecule has 0 unspecified atom stereocenters. The number of ether oxygens (including phenoxy) is 1. The minimum Gasteiger partial charge on any atom is -0.494 e. The van der Waals surface area contributed by atoms with Crippen molar-refractivity contribution in [2.24, 2.45) is 11.5 Å². The van der Waals surface area contributed by atoms with E-state index < -0.39 is 5.83 Å². The molecule has 8 N–H and O–H groups in total. The molecule has 0 aliphatic carbocycles. The van der Waals surface area contributed by atoms with Crippen molar-refractivity contribution < 1.29 is 9.13 Å². The van der Waals surface area contributed by atoms with E-state index in [4.69, 9.17) is 39.4 Å². The molecule has 1 aromatic rings. The van der Waals surface area contributed by atoms with Gasteiger partial charge in [-0.2, -0.15) is 0 Å². The first-order chi connectivity index (χ1) is 16.2. The number of nitrogens with one attached hydrogen (secondary N) is 4. The molecule has 0 atom stereocenters. The topological polar surface area (TPSA) is 109 Å². The minimum atomic E-state index is -0.391. The van der Waals surface area contributed by atoms with Crippen LogP contribution >= 0.6 is 23.2 Å². The second kappa shape index (κ2) is 15.8. The third-order valence-corrected chi connectivity index (χ3v) is 5.03. The second-order valence-electron chi connectivity index (χ2n) is 7.09. The summed E-state index contributed by atoms with van der Waals surface area (Å²) in [4.78, 5) is 0. The Bertz CT molecular complexity index is 953. The molecule has 0 heterocycles. The number of nitrogens with two attached hydrogens (primary N) is 2. The van der Waals surface area contributed by atoms with Crippen molar-refractivity contribution in [2.75, 3.05) is 37.9 Å². The summed E-state index contributed by atoms with van der Waals surface area (Å²) in [5, 5.41) is 13.1. The van der Waals surface area contributed by atoms with Crippen LogP contribution in [-0.4, -0.2) is 27.2 Å². The maximum Gasteiger partial charge on any atom is 0.144 e. The van der Waals surface area contributed by atoms with Crippen molar-refractivity contribution in [3.05, 3.63) is 75.7 Å². The minimum absolute atomic E-state index is 0.0882. The Hall–Kier alpha value is -2.97. The molecule has 188 valence electrons. The van der Waals surface area contributed by atoms with Crippen LogP contribution in [0.1, 0.15) is 26.7 Å². The van der Waals surface area contributed by atoms with Gasteiger partial charge in [0, 0.05) is 54.8 Å². The summed E-state index contributed by atoms with van der Waals surface area (Å²) in [6.07, 6.45) is 7.33. The summed E-state index contributed by atoms with van der Waals surface area (Å²) in [7, 11) is 3.44.